The lowest BCUT2D eigenvalue weighted by Gasteiger charge is -2.26. The summed E-state index contributed by atoms with van der Waals surface area (Å²) in [7, 11) is 1.84. The molecule has 1 aliphatic carbocycles. The predicted octanol–water partition coefficient (Wildman–Crippen LogP) is 2.50. The average Bonchev–Trinajstić information content (AvgIpc) is 2.86. The van der Waals surface area contributed by atoms with Gasteiger partial charge in [-0.1, -0.05) is 12.8 Å². The van der Waals surface area contributed by atoms with Crippen LogP contribution >= 0.6 is 0 Å². The molecule has 1 aromatic rings. The lowest BCUT2D eigenvalue weighted by atomic mass is 10.0. The second-order valence-corrected chi connectivity index (χ2v) is 5.60. The summed E-state index contributed by atoms with van der Waals surface area (Å²) in [4.78, 5) is 15.6. The van der Waals surface area contributed by atoms with E-state index in [4.69, 9.17) is 0 Å². The molecule has 1 aliphatic rings. The zero-order chi connectivity index (χ0) is 14.6. The van der Waals surface area contributed by atoms with Crippen molar-refractivity contribution in [2.24, 2.45) is 0 Å². The Morgan fingerprint density at radius 1 is 1.05 bits per heavy atom. The molecular formula is C14H26N6. The van der Waals surface area contributed by atoms with Gasteiger partial charge in [0.1, 0.15) is 0 Å². The summed E-state index contributed by atoms with van der Waals surface area (Å²) < 4.78 is 0. The van der Waals surface area contributed by atoms with Gasteiger partial charge in [-0.3, -0.25) is 0 Å². The molecule has 1 saturated carbocycles. The zero-order valence-electron chi connectivity index (χ0n) is 13.0. The van der Waals surface area contributed by atoms with Gasteiger partial charge in [0.2, 0.25) is 17.8 Å². The molecule has 6 heteroatoms. The summed E-state index contributed by atoms with van der Waals surface area (Å²) in [5.74, 6) is 2.03. The van der Waals surface area contributed by atoms with Gasteiger partial charge >= 0.3 is 0 Å². The van der Waals surface area contributed by atoms with Crippen LogP contribution in [-0.4, -0.2) is 40.6 Å². The molecule has 0 radical (unpaired) electrons. The van der Waals surface area contributed by atoms with Gasteiger partial charge in [0.15, 0.2) is 0 Å². The predicted molar refractivity (Wildman–Crippen MR) is 83.4 cm³/mol. The number of hydrogen-bond acceptors (Lipinski definition) is 6. The molecule has 2 N–H and O–H groups in total. The van der Waals surface area contributed by atoms with Crippen molar-refractivity contribution in [2.45, 2.75) is 52.0 Å². The van der Waals surface area contributed by atoms with E-state index in [9.17, 15) is 0 Å². The van der Waals surface area contributed by atoms with Crippen LogP contribution in [-0.2, 0) is 0 Å². The summed E-state index contributed by atoms with van der Waals surface area (Å²) in [6, 6.07) is 0. The molecular weight excluding hydrogens is 252 g/mol. The van der Waals surface area contributed by atoms with Crippen LogP contribution in [0.1, 0.15) is 46.5 Å². The Labute approximate surface area is 121 Å². The van der Waals surface area contributed by atoms with Gasteiger partial charge in [-0.15, -0.1) is 0 Å². The van der Waals surface area contributed by atoms with Crippen molar-refractivity contribution in [1.82, 2.24) is 15.0 Å². The zero-order valence-corrected chi connectivity index (χ0v) is 13.0. The molecule has 1 fully saturated rings. The Kier molecular flexibility index (Phi) is 4.62. The van der Waals surface area contributed by atoms with Crippen LogP contribution in [0.5, 0.6) is 0 Å². The summed E-state index contributed by atoms with van der Waals surface area (Å²) in [5, 5.41) is 6.53. The Hall–Kier alpha value is -1.59. The molecule has 2 rings (SSSR count). The first-order valence-corrected chi connectivity index (χ1v) is 7.57. The smallest absolute Gasteiger partial charge is 0.231 e. The van der Waals surface area contributed by atoms with E-state index < -0.39 is 0 Å². The van der Waals surface area contributed by atoms with Gasteiger partial charge in [0, 0.05) is 25.7 Å². The highest BCUT2D eigenvalue weighted by molar-refractivity contribution is 5.44. The molecule has 0 amide bonds. The average molecular weight is 278 g/mol. The van der Waals surface area contributed by atoms with Gasteiger partial charge in [-0.25, -0.2) is 0 Å². The Balaban J connectivity index is 2.25. The van der Waals surface area contributed by atoms with E-state index in [2.05, 4.69) is 51.3 Å². The number of nitrogens with zero attached hydrogens (tertiary/aromatic N) is 4. The normalized spacial score (nSPS) is 17.0. The van der Waals surface area contributed by atoms with E-state index in [1.807, 2.05) is 7.05 Å². The number of rotatable bonds is 6. The first-order valence-electron chi connectivity index (χ1n) is 7.57. The maximum Gasteiger partial charge on any atom is 0.231 e. The van der Waals surface area contributed by atoms with Crippen molar-refractivity contribution in [3.63, 3.8) is 0 Å². The number of anilines is 3. The minimum atomic E-state index is 0.118. The second-order valence-electron chi connectivity index (χ2n) is 5.60. The Morgan fingerprint density at radius 3 is 2.20 bits per heavy atom. The van der Waals surface area contributed by atoms with Gasteiger partial charge in [-0.05, 0) is 33.6 Å². The topological polar surface area (TPSA) is 66.0 Å². The third-order valence-corrected chi connectivity index (χ3v) is 4.01. The molecule has 0 spiro atoms. The molecule has 0 unspecified atom stereocenters. The molecule has 0 bridgehead atoms. The Bertz CT molecular complexity index is 437. The van der Waals surface area contributed by atoms with Crippen molar-refractivity contribution in [2.75, 3.05) is 35.7 Å². The van der Waals surface area contributed by atoms with E-state index in [1.54, 1.807) is 0 Å². The molecule has 1 aromatic heterocycles. The van der Waals surface area contributed by atoms with Crippen molar-refractivity contribution in [3.05, 3.63) is 0 Å². The van der Waals surface area contributed by atoms with Crippen LogP contribution in [0.15, 0.2) is 0 Å². The molecule has 112 valence electrons. The monoisotopic (exact) mass is 278 g/mol. The molecule has 0 saturated heterocycles. The molecule has 0 aromatic carbocycles. The van der Waals surface area contributed by atoms with E-state index >= 15 is 0 Å². The van der Waals surface area contributed by atoms with Crippen LogP contribution in [0, 0.1) is 0 Å². The summed E-state index contributed by atoms with van der Waals surface area (Å²) in [6.45, 7) is 8.25. The van der Waals surface area contributed by atoms with Crippen molar-refractivity contribution in [1.29, 1.82) is 0 Å². The molecule has 20 heavy (non-hydrogen) atoms. The van der Waals surface area contributed by atoms with Crippen molar-refractivity contribution >= 4 is 17.8 Å². The fourth-order valence-electron chi connectivity index (χ4n) is 2.73. The van der Waals surface area contributed by atoms with Crippen LogP contribution in [0.3, 0.4) is 0 Å². The lowest BCUT2D eigenvalue weighted by Crippen LogP contribution is -2.33. The van der Waals surface area contributed by atoms with Gasteiger partial charge in [0.25, 0.3) is 0 Å². The van der Waals surface area contributed by atoms with Crippen LogP contribution in [0.25, 0.3) is 0 Å². The van der Waals surface area contributed by atoms with Crippen LogP contribution < -0.4 is 15.5 Å². The highest BCUT2D eigenvalue weighted by atomic mass is 15.3. The van der Waals surface area contributed by atoms with Gasteiger partial charge in [0.05, 0.1) is 0 Å². The first-order chi connectivity index (χ1) is 9.60. The largest absolute Gasteiger partial charge is 0.357 e. The number of hydrogen-bond donors (Lipinski definition) is 2. The summed E-state index contributed by atoms with van der Waals surface area (Å²) in [6.07, 6.45) is 4.90. The minimum absolute atomic E-state index is 0.118. The van der Waals surface area contributed by atoms with Gasteiger partial charge in [-0.2, -0.15) is 15.0 Å². The SMILES string of the molecule is CCN(CC)c1nc(NC)nc(NC2(C)CCCC2)n1. The Morgan fingerprint density at radius 2 is 1.65 bits per heavy atom. The first kappa shape index (κ1) is 14.8. The summed E-state index contributed by atoms with van der Waals surface area (Å²) in [5.41, 5.74) is 0.118. The number of nitrogens with one attached hydrogen (secondary N) is 2. The highest BCUT2D eigenvalue weighted by Crippen LogP contribution is 2.32. The van der Waals surface area contributed by atoms with Crippen LogP contribution in [0.4, 0.5) is 17.8 Å². The van der Waals surface area contributed by atoms with Crippen molar-refractivity contribution < 1.29 is 0 Å². The molecule has 0 atom stereocenters. The minimum Gasteiger partial charge on any atom is -0.357 e. The lowest BCUT2D eigenvalue weighted by molar-refractivity contribution is 0.528. The number of aromatic nitrogens is 3. The third-order valence-electron chi connectivity index (χ3n) is 4.01. The van der Waals surface area contributed by atoms with Crippen LogP contribution in [0.2, 0.25) is 0 Å². The molecule has 0 aliphatic heterocycles. The molecule has 6 nitrogen and oxygen atoms in total. The van der Waals surface area contributed by atoms with E-state index in [0.717, 1.165) is 19.0 Å². The fourth-order valence-corrected chi connectivity index (χ4v) is 2.73. The maximum atomic E-state index is 4.58. The van der Waals surface area contributed by atoms with E-state index in [-0.39, 0.29) is 5.54 Å². The van der Waals surface area contributed by atoms with E-state index in [1.165, 1.54) is 25.7 Å². The third kappa shape index (κ3) is 3.29. The maximum absolute atomic E-state index is 4.58. The van der Waals surface area contributed by atoms with E-state index in [0.29, 0.717) is 11.9 Å². The second kappa shape index (κ2) is 6.24. The summed E-state index contributed by atoms with van der Waals surface area (Å²) >= 11 is 0. The fraction of sp³-hybridized carbons (Fsp3) is 0.786. The molecule has 1 heterocycles. The quantitative estimate of drug-likeness (QED) is 0.833. The highest BCUT2D eigenvalue weighted by Gasteiger charge is 2.29. The standard InChI is InChI=1S/C14H26N6/c1-5-20(6-2)13-17-11(15-4)16-12(18-13)19-14(3)9-7-8-10-14/h5-10H2,1-4H3,(H2,15,16,17,18,19). The van der Waals surface area contributed by atoms with Gasteiger partial charge < -0.3 is 15.5 Å². The van der Waals surface area contributed by atoms with Crippen molar-refractivity contribution in [3.8, 4) is 0 Å².